The van der Waals surface area contributed by atoms with Crippen LogP contribution < -0.4 is 0 Å². The van der Waals surface area contributed by atoms with Crippen LogP contribution in [0.5, 0.6) is 0 Å². The molecule has 9 aromatic carbocycles. The van der Waals surface area contributed by atoms with Gasteiger partial charge >= 0.3 is 0 Å². The van der Waals surface area contributed by atoms with Crippen LogP contribution in [-0.2, 0) is 0 Å². The van der Waals surface area contributed by atoms with E-state index >= 15 is 0 Å². The molecule has 304 valence electrons. The maximum atomic E-state index is 6.17. The van der Waals surface area contributed by atoms with Gasteiger partial charge in [-0.2, -0.15) is 0 Å². The normalized spacial score (nSPS) is 11.7. The molecule has 0 saturated heterocycles. The second-order valence-electron chi connectivity index (χ2n) is 16.3. The van der Waals surface area contributed by atoms with Crippen LogP contribution in [0.1, 0.15) is 0 Å². The molecule has 65 heavy (non-hydrogen) atoms. The van der Waals surface area contributed by atoms with Gasteiger partial charge in [0.05, 0.1) is 22.1 Å². The quantitative estimate of drug-likeness (QED) is 0.160. The molecule has 0 amide bonds. The van der Waals surface area contributed by atoms with Crippen LogP contribution in [0.2, 0.25) is 0 Å². The minimum Gasteiger partial charge on any atom is -0.436 e. The number of para-hydroxylation sites is 4. The Labute approximate surface area is 373 Å². The summed E-state index contributed by atoms with van der Waals surface area (Å²) in [5.41, 5.74) is 13.8. The van der Waals surface area contributed by atoms with Crippen molar-refractivity contribution in [1.82, 2.24) is 29.1 Å². The molecule has 0 unspecified atom stereocenters. The van der Waals surface area contributed by atoms with Crippen LogP contribution >= 0.6 is 0 Å². The van der Waals surface area contributed by atoms with Crippen LogP contribution in [0.25, 0.3) is 123 Å². The number of benzene rings is 9. The van der Waals surface area contributed by atoms with E-state index in [0.29, 0.717) is 23.4 Å². The van der Waals surface area contributed by atoms with Crippen molar-refractivity contribution in [2.75, 3.05) is 0 Å². The highest BCUT2D eigenvalue weighted by Gasteiger charge is 2.21. The lowest BCUT2D eigenvalue weighted by Gasteiger charge is -2.12. The van der Waals surface area contributed by atoms with Crippen molar-refractivity contribution in [3.05, 3.63) is 218 Å². The van der Waals surface area contributed by atoms with E-state index in [1.54, 1.807) is 0 Å². The predicted molar refractivity (Wildman–Crippen MR) is 263 cm³/mol. The lowest BCUT2D eigenvalue weighted by Crippen LogP contribution is -2.01. The fourth-order valence-corrected chi connectivity index (χ4v) is 9.43. The summed E-state index contributed by atoms with van der Waals surface area (Å²) in [6.07, 6.45) is 0. The fourth-order valence-electron chi connectivity index (χ4n) is 9.43. The van der Waals surface area contributed by atoms with Crippen molar-refractivity contribution in [3.63, 3.8) is 0 Å². The van der Waals surface area contributed by atoms with Gasteiger partial charge in [0.1, 0.15) is 5.52 Å². The van der Waals surface area contributed by atoms with Crippen LogP contribution in [0.15, 0.2) is 223 Å². The molecule has 0 atom stereocenters. The SMILES string of the molecule is c1ccc(-c2nc3cc(-c4cccc(-c5nc(-c6ccc7c8ccccc8n(-c8ccccc8)c7c6)nc(-c6cccc7c6c6ccccc6n7-c6ccccc6)n5)c4)ccc3o2)cc1. The number of hydrogen-bond acceptors (Lipinski definition) is 5. The minimum absolute atomic E-state index is 0.577. The third-order valence-corrected chi connectivity index (χ3v) is 12.4. The number of nitrogens with zero attached hydrogens (tertiary/aromatic N) is 6. The Morgan fingerprint density at radius 3 is 1.60 bits per heavy atom. The summed E-state index contributed by atoms with van der Waals surface area (Å²) in [6, 6.07) is 75.7. The Morgan fingerprint density at radius 2 is 0.846 bits per heavy atom. The maximum Gasteiger partial charge on any atom is 0.227 e. The smallest absolute Gasteiger partial charge is 0.227 e. The minimum atomic E-state index is 0.577. The average molecular weight is 833 g/mol. The summed E-state index contributed by atoms with van der Waals surface area (Å²) in [5.74, 6) is 2.36. The Morgan fingerprint density at radius 1 is 0.323 bits per heavy atom. The van der Waals surface area contributed by atoms with Crippen LogP contribution in [0.4, 0.5) is 0 Å². The first kappa shape index (κ1) is 36.7. The van der Waals surface area contributed by atoms with Crippen LogP contribution in [0, 0.1) is 0 Å². The lowest BCUT2D eigenvalue weighted by molar-refractivity contribution is 0.620. The second-order valence-corrected chi connectivity index (χ2v) is 16.3. The van der Waals surface area contributed by atoms with Crippen LogP contribution in [0.3, 0.4) is 0 Å². The monoisotopic (exact) mass is 832 g/mol. The largest absolute Gasteiger partial charge is 0.436 e. The predicted octanol–water partition coefficient (Wildman–Crippen LogP) is 14.5. The van der Waals surface area contributed by atoms with Crippen molar-refractivity contribution in [2.45, 2.75) is 0 Å². The highest BCUT2D eigenvalue weighted by atomic mass is 16.3. The molecule has 0 saturated carbocycles. The van der Waals surface area contributed by atoms with E-state index in [4.69, 9.17) is 24.4 Å². The van der Waals surface area contributed by atoms with E-state index in [1.807, 2.05) is 36.4 Å². The molecule has 13 rings (SSSR count). The molecule has 0 aliphatic carbocycles. The Balaban J connectivity index is 1.02. The molecule has 0 spiro atoms. The highest BCUT2D eigenvalue weighted by molar-refractivity contribution is 6.15. The van der Waals surface area contributed by atoms with Crippen LogP contribution in [-0.4, -0.2) is 29.1 Å². The number of hydrogen-bond donors (Lipinski definition) is 0. The fraction of sp³-hybridized carbons (Fsp3) is 0. The van der Waals surface area contributed by atoms with E-state index < -0.39 is 0 Å². The Hall–Kier alpha value is -8.94. The molecule has 0 fully saturated rings. The molecule has 0 aliphatic heterocycles. The zero-order chi connectivity index (χ0) is 42.8. The molecular weight excluding hydrogens is 797 g/mol. The molecule has 4 heterocycles. The number of fused-ring (bicyclic) bond motifs is 7. The van der Waals surface area contributed by atoms with Crippen molar-refractivity contribution in [2.24, 2.45) is 0 Å². The maximum absolute atomic E-state index is 6.17. The van der Waals surface area contributed by atoms with Gasteiger partial charge in [0.2, 0.25) is 5.89 Å². The first-order valence-electron chi connectivity index (χ1n) is 21.7. The van der Waals surface area contributed by atoms with Gasteiger partial charge in [-0.3, -0.25) is 0 Å². The van der Waals surface area contributed by atoms with Gasteiger partial charge in [-0.25, -0.2) is 19.9 Å². The van der Waals surface area contributed by atoms with Crippen molar-refractivity contribution < 1.29 is 4.42 Å². The zero-order valence-electron chi connectivity index (χ0n) is 34.9. The molecule has 0 bridgehead atoms. The summed E-state index contributed by atoms with van der Waals surface area (Å²) in [4.78, 5) is 20.9. The summed E-state index contributed by atoms with van der Waals surface area (Å²) in [6.45, 7) is 0. The van der Waals surface area contributed by atoms with Crippen molar-refractivity contribution in [1.29, 1.82) is 0 Å². The first-order chi connectivity index (χ1) is 32.2. The van der Waals surface area contributed by atoms with E-state index in [-0.39, 0.29) is 0 Å². The van der Waals surface area contributed by atoms with Gasteiger partial charge in [-0.05, 0) is 90.0 Å². The van der Waals surface area contributed by atoms with Gasteiger partial charge in [0.15, 0.2) is 23.1 Å². The third-order valence-electron chi connectivity index (χ3n) is 12.4. The first-order valence-corrected chi connectivity index (χ1v) is 21.7. The summed E-state index contributed by atoms with van der Waals surface area (Å²) < 4.78 is 10.8. The van der Waals surface area contributed by atoms with E-state index in [0.717, 1.165) is 94.1 Å². The molecule has 0 N–H and O–H groups in total. The standard InChI is InChI=1S/C58H36N6O/c1-4-16-37(17-5-1)58-59-48-35-39(31-33-53(48)65-58)38-18-14-19-40(34-38)55-60-56(41-30-32-45-44-24-10-12-27-49(44)64(52(45)36-41)43-22-8-3-9-23-43)62-57(61-55)47-26-15-29-51-54(47)46-25-11-13-28-50(46)63(51)42-20-6-2-7-21-42/h1-36H. The number of aromatic nitrogens is 6. The summed E-state index contributed by atoms with van der Waals surface area (Å²) >= 11 is 0. The Bertz CT molecular complexity index is 3940. The molecule has 7 heteroatoms. The summed E-state index contributed by atoms with van der Waals surface area (Å²) in [5, 5.41) is 4.56. The molecule has 13 aromatic rings. The van der Waals surface area contributed by atoms with E-state index in [9.17, 15) is 0 Å². The third kappa shape index (κ3) is 6.13. The Kier molecular flexibility index (Phi) is 8.39. The van der Waals surface area contributed by atoms with Gasteiger partial charge in [-0.15, -0.1) is 0 Å². The highest BCUT2D eigenvalue weighted by Crippen LogP contribution is 2.40. The molecule has 0 radical (unpaired) electrons. The molecule has 7 nitrogen and oxygen atoms in total. The van der Waals surface area contributed by atoms with Crippen molar-refractivity contribution >= 4 is 54.7 Å². The summed E-state index contributed by atoms with van der Waals surface area (Å²) in [7, 11) is 0. The van der Waals surface area contributed by atoms with Gasteiger partial charge < -0.3 is 13.6 Å². The average Bonchev–Trinajstić information content (AvgIpc) is 4.07. The van der Waals surface area contributed by atoms with Gasteiger partial charge in [0, 0.05) is 55.2 Å². The van der Waals surface area contributed by atoms with E-state index in [2.05, 4.69) is 191 Å². The van der Waals surface area contributed by atoms with Gasteiger partial charge in [0.25, 0.3) is 0 Å². The lowest BCUT2D eigenvalue weighted by atomic mass is 10.0. The number of rotatable bonds is 7. The molecule has 0 aliphatic rings. The topological polar surface area (TPSA) is 74.6 Å². The number of oxazole rings is 1. The van der Waals surface area contributed by atoms with Gasteiger partial charge in [-0.1, -0.05) is 140 Å². The zero-order valence-corrected chi connectivity index (χ0v) is 34.9. The molecular formula is C58H36N6O. The molecule has 4 aromatic heterocycles. The van der Waals surface area contributed by atoms with Crippen molar-refractivity contribution in [3.8, 4) is 68.1 Å². The van der Waals surface area contributed by atoms with E-state index in [1.165, 1.54) is 5.39 Å². The second kappa shape index (κ2) is 14.9.